The zero-order chi connectivity index (χ0) is 14.7. The lowest BCUT2D eigenvalue weighted by atomic mass is 10.2. The third-order valence-electron chi connectivity index (χ3n) is 4.07. The predicted molar refractivity (Wildman–Crippen MR) is 82.7 cm³/mol. The van der Waals surface area contributed by atoms with E-state index < -0.39 is 0 Å². The van der Waals surface area contributed by atoms with Gasteiger partial charge in [0.1, 0.15) is 5.52 Å². The molecule has 0 atom stereocenters. The minimum Gasteiger partial charge on any atom is -0.437 e. The second-order valence-electron chi connectivity index (χ2n) is 5.42. The van der Waals surface area contributed by atoms with Crippen molar-refractivity contribution in [2.45, 2.75) is 38.6 Å². The van der Waals surface area contributed by atoms with Crippen molar-refractivity contribution in [1.82, 2.24) is 9.88 Å². The summed E-state index contributed by atoms with van der Waals surface area (Å²) in [5.74, 6) is 0.527. The molecule has 1 aromatic heterocycles. The highest BCUT2D eigenvalue weighted by Crippen LogP contribution is 2.23. The summed E-state index contributed by atoms with van der Waals surface area (Å²) < 4.78 is 5.59. The molecule has 4 nitrogen and oxygen atoms in total. The Balaban J connectivity index is 1.73. The number of oxazole rings is 1. The van der Waals surface area contributed by atoms with Gasteiger partial charge in [0, 0.05) is 24.7 Å². The van der Waals surface area contributed by atoms with Crippen LogP contribution in [0, 0.1) is 0 Å². The number of carbonyl (C=O) groups is 1. The Kier molecular flexibility index (Phi) is 4.04. The van der Waals surface area contributed by atoms with E-state index in [1.807, 2.05) is 36.1 Å². The lowest BCUT2D eigenvalue weighted by Gasteiger charge is -2.26. The molecule has 0 aliphatic heterocycles. The number of hydrogen-bond acceptors (Lipinski definition) is 3. The molecular formula is C17H20N2O2. The number of likely N-dealkylation sites (N-methyl/N-ethyl adjacent to an activating group) is 1. The monoisotopic (exact) mass is 284 g/mol. The Labute approximate surface area is 124 Å². The molecule has 1 fully saturated rings. The summed E-state index contributed by atoms with van der Waals surface area (Å²) in [7, 11) is 0. The first-order chi connectivity index (χ1) is 10.3. The van der Waals surface area contributed by atoms with Crippen LogP contribution in [-0.2, 0) is 4.79 Å². The van der Waals surface area contributed by atoms with Gasteiger partial charge in [-0.2, -0.15) is 0 Å². The molecular weight excluding hydrogens is 264 g/mol. The molecule has 0 bridgehead atoms. The zero-order valence-corrected chi connectivity index (χ0v) is 12.3. The van der Waals surface area contributed by atoms with E-state index in [-0.39, 0.29) is 5.91 Å². The summed E-state index contributed by atoms with van der Waals surface area (Å²) in [6.45, 7) is 2.78. The first-order valence-electron chi connectivity index (χ1n) is 7.62. The Hall–Kier alpha value is -2.10. The number of hydrogen-bond donors (Lipinski definition) is 0. The van der Waals surface area contributed by atoms with Gasteiger partial charge in [-0.3, -0.25) is 4.79 Å². The quantitative estimate of drug-likeness (QED) is 0.805. The number of amides is 1. The smallest absolute Gasteiger partial charge is 0.246 e. The molecule has 1 aromatic carbocycles. The van der Waals surface area contributed by atoms with Crippen LogP contribution in [-0.4, -0.2) is 28.4 Å². The number of rotatable bonds is 4. The number of benzene rings is 1. The van der Waals surface area contributed by atoms with Crippen molar-refractivity contribution in [1.29, 1.82) is 0 Å². The Bertz CT molecular complexity index is 621. The topological polar surface area (TPSA) is 46.3 Å². The number of nitrogens with zero attached hydrogens (tertiary/aromatic N) is 2. The Morgan fingerprint density at radius 1 is 1.38 bits per heavy atom. The third-order valence-corrected chi connectivity index (χ3v) is 4.07. The van der Waals surface area contributed by atoms with E-state index in [2.05, 4.69) is 4.98 Å². The van der Waals surface area contributed by atoms with E-state index in [0.717, 1.165) is 30.5 Å². The van der Waals surface area contributed by atoms with Gasteiger partial charge in [0.25, 0.3) is 0 Å². The number of carbonyl (C=O) groups excluding carboxylic acids is 1. The predicted octanol–water partition coefficient (Wildman–Crippen LogP) is 3.63. The molecule has 1 aliphatic rings. The van der Waals surface area contributed by atoms with Crippen molar-refractivity contribution in [3.05, 3.63) is 36.2 Å². The third kappa shape index (κ3) is 2.99. The average Bonchev–Trinajstić information content (AvgIpc) is 3.14. The van der Waals surface area contributed by atoms with E-state index in [0.29, 0.717) is 11.9 Å². The summed E-state index contributed by atoms with van der Waals surface area (Å²) >= 11 is 0. The summed E-state index contributed by atoms with van der Waals surface area (Å²) in [6, 6.07) is 8.00. The normalized spacial score (nSPS) is 16.0. The molecule has 110 valence electrons. The molecule has 0 N–H and O–H groups in total. The van der Waals surface area contributed by atoms with Crippen molar-refractivity contribution in [3.8, 4) is 0 Å². The van der Waals surface area contributed by atoms with Gasteiger partial charge in [-0.05, 0) is 31.9 Å². The van der Waals surface area contributed by atoms with Crippen molar-refractivity contribution in [3.63, 3.8) is 0 Å². The van der Waals surface area contributed by atoms with Gasteiger partial charge in [0.05, 0.1) is 0 Å². The van der Waals surface area contributed by atoms with Gasteiger partial charge < -0.3 is 9.32 Å². The summed E-state index contributed by atoms with van der Waals surface area (Å²) in [5.41, 5.74) is 1.56. The second kappa shape index (κ2) is 6.12. The van der Waals surface area contributed by atoms with Crippen LogP contribution in [0.4, 0.5) is 0 Å². The van der Waals surface area contributed by atoms with Crippen LogP contribution in [0.3, 0.4) is 0 Å². The molecule has 1 aliphatic carbocycles. The van der Waals surface area contributed by atoms with Gasteiger partial charge in [0.15, 0.2) is 5.58 Å². The minimum absolute atomic E-state index is 0.0478. The molecule has 1 amide bonds. The van der Waals surface area contributed by atoms with Gasteiger partial charge in [-0.15, -0.1) is 0 Å². The van der Waals surface area contributed by atoms with E-state index in [1.165, 1.54) is 12.8 Å². The van der Waals surface area contributed by atoms with Crippen molar-refractivity contribution >= 4 is 23.1 Å². The van der Waals surface area contributed by atoms with Crippen LogP contribution in [0.25, 0.3) is 17.2 Å². The van der Waals surface area contributed by atoms with Crippen LogP contribution in [0.1, 0.15) is 38.5 Å². The lowest BCUT2D eigenvalue weighted by molar-refractivity contribution is -0.127. The molecule has 21 heavy (non-hydrogen) atoms. The highest BCUT2D eigenvalue weighted by molar-refractivity contribution is 5.91. The highest BCUT2D eigenvalue weighted by atomic mass is 16.3. The van der Waals surface area contributed by atoms with Crippen molar-refractivity contribution in [2.75, 3.05) is 6.54 Å². The zero-order valence-electron chi connectivity index (χ0n) is 12.3. The Morgan fingerprint density at radius 2 is 2.14 bits per heavy atom. The minimum atomic E-state index is 0.0478. The molecule has 2 aromatic rings. The van der Waals surface area contributed by atoms with E-state index in [1.54, 1.807) is 12.2 Å². The fraction of sp³-hybridized carbons (Fsp3) is 0.412. The van der Waals surface area contributed by atoms with E-state index in [4.69, 9.17) is 4.42 Å². The number of para-hydroxylation sites is 2. The van der Waals surface area contributed by atoms with Crippen LogP contribution < -0.4 is 0 Å². The molecule has 3 rings (SSSR count). The van der Waals surface area contributed by atoms with E-state index >= 15 is 0 Å². The first kappa shape index (κ1) is 13.9. The van der Waals surface area contributed by atoms with Crippen LogP contribution in [0.5, 0.6) is 0 Å². The maximum atomic E-state index is 12.3. The summed E-state index contributed by atoms with van der Waals surface area (Å²) in [4.78, 5) is 18.6. The Morgan fingerprint density at radius 3 is 2.86 bits per heavy atom. The number of aromatic nitrogens is 1. The van der Waals surface area contributed by atoms with Crippen molar-refractivity contribution in [2.24, 2.45) is 0 Å². The molecule has 1 saturated carbocycles. The fourth-order valence-electron chi connectivity index (χ4n) is 3.01. The largest absolute Gasteiger partial charge is 0.437 e. The van der Waals surface area contributed by atoms with Crippen molar-refractivity contribution < 1.29 is 9.21 Å². The summed E-state index contributed by atoms with van der Waals surface area (Å²) in [6.07, 6.45) is 7.94. The summed E-state index contributed by atoms with van der Waals surface area (Å²) in [5, 5.41) is 0. The molecule has 0 spiro atoms. The second-order valence-corrected chi connectivity index (χ2v) is 5.42. The standard InChI is InChI=1S/C17H20N2O2/c1-2-19(13-7-3-4-8-13)17(20)12-11-16-18-14-9-5-6-10-15(14)21-16/h5-6,9-13H,2-4,7-8H2,1H3/b12-11+. The van der Waals surface area contributed by atoms with Crippen LogP contribution in [0.2, 0.25) is 0 Å². The number of fused-ring (bicyclic) bond motifs is 1. The van der Waals surface area contributed by atoms with Crippen LogP contribution in [0.15, 0.2) is 34.8 Å². The van der Waals surface area contributed by atoms with Gasteiger partial charge in [0.2, 0.25) is 11.8 Å². The first-order valence-corrected chi connectivity index (χ1v) is 7.62. The maximum Gasteiger partial charge on any atom is 0.246 e. The van der Waals surface area contributed by atoms with Crippen LogP contribution >= 0.6 is 0 Å². The van der Waals surface area contributed by atoms with Gasteiger partial charge >= 0.3 is 0 Å². The van der Waals surface area contributed by atoms with Gasteiger partial charge in [-0.1, -0.05) is 25.0 Å². The molecule has 4 heteroatoms. The lowest BCUT2D eigenvalue weighted by Crippen LogP contribution is -2.37. The molecule has 0 saturated heterocycles. The van der Waals surface area contributed by atoms with Gasteiger partial charge in [-0.25, -0.2) is 4.98 Å². The molecule has 0 unspecified atom stereocenters. The fourth-order valence-corrected chi connectivity index (χ4v) is 3.01. The highest BCUT2D eigenvalue weighted by Gasteiger charge is 2.23. The molecule has 1 heterocycles. The maximum absolute atomic E-state index is 12.3. The van der Waals surface area contributed by atoms with E-state index in [9.17, 15) is 4.79 Å². The average molecular weight is 284 g/mol. The SMILES string of the molecule is CCN(C(=O)/C=C/c1nc2ccccc2o1)C1CCCC1. The molecule has 0 radical (unpaired) electrons.